The average Bonchev–Trinajstić information content (AvgIpc) is 3.31. The number of benzene rings is 1. The first-order valence-corrected chi connectivity index (χ1v) is 9.04. The molecule has 8 heteroatoms. The van der Waals surface area contributed by atoms with Crippen molar-refractivity contribution in [1.82, 2.24) is 20.0 Å². The van der Waals surface area contributed by atoms with Gasteiger partial charge in [0.25, 0.3) is 0 Å². The molecule has 0 unspecified atom stereocenters. The smallest absolute Gasteiger partial charge is 0.325 e. The highest BCUT2D eigenvalue weighted by Crippen LogP contribution is 2.21. The monoisotopic (exact) mass is 367 g/mol. The first-order chi connectivity index (χ1) is 13.2. The molecule has 3 amide bonds. The average molecular weight is 367 g/mol. The molecular formula is C19H21N5O3. The third kappa shape index (κ3) is 3.84. The van der Waals surface area contributed by atoms with E-state index in [1.165, 1.54) is 0 Å². The van der Waals surface area contributed by atoms with Gasteiger partial charge in [-0.25, -0.2) is 4.79 Å². The summed E-state index contributed by atoms with van der Waals surface area (Å²) in [6.07, 6.45) is 2.23. The summed E-state index contributed by atoms with van der Waals surface area (Å²) in [5.41, 5.74) is 0.857. The molecule has 0 aliphatic carbocycles. The van der Waals surface area contributed by atoms with Gasteiger partial charge in [-0.2, -0.15) is 5.10 Å². The van der Waals surface area contributed by atoms with E-state index in [1.807, 2.05) is 30.3 Å². The van der Waals surface area contributed by atoms with Gasteiger partial charge in [0.2, 0.25) is 11.8 Å². The lowest BCUT2D eigenvalue weighted by molar-refractivity contribution is -0.130. The van der Waals surface area contributed by atoms with Gasteiger partial charge in [-0.05, 0) is 18.2 Å². The molecule has 0 N–H and O–H groups in total. The van der Waals surface area contributed by atoms with Crippen LogP contribution < -0.4 is 9.64 Å². The first-order valence-electron chi connectivity index (χ1n) is 9.04. The maximum Gasteiger partial charge on any atom is 0.325 e. The Morgan fingerprint density at radius 2 is 1.96 bits per heavy atom. The molecule has 2 aliphatic heterocycles. The number of nitrogens with zero attached hydrogens (tertiary/aromatic N) is 5. The summed E-state index contributed by atoms with van der Waals surface area (Å²) in [7, 11) is 0. The Hall–Kier alpha value is -3.16. The van der Waals surface area contributed by atoms with Crippen LogP contribution in [-0.4, -0.2) is 70.8 Å². The van der Waals surface area contributed by atoms with Gasteiger partial charge in [0.05, 0.1) is 6.54 Å². The van der Waals surface area contributed by atoms with Gasteiger partial charge in [0.15, 0.2) is 0 Å². The minimum absolute atomic E-state index is 0.0523. The van der Waals surface area contributed by atoms with Gasteiger partial charge in [0, 0.05) is 44.0 Å². The molecular weight excluding hydrogens is 346 g/mol. The van der Waals surface area contributed by atoms with Crippen molar-refractivity contribution >= 4 is 17.6 Å². The van der Waals surface area contributed by atoms with E-state index >= 15 is 0 Å². The second-order valence-electron chi connectivity index (χ2n) is 6.62. The van der Waals surface area contributed by atoms with Gasteiger partial charge < -0.3 is 14.5 Å². The predicted octanol–water partition coefficient (Wildman–Crippen LogP) is 1.40. The van der Waals surface area contributed by atoms with E-state index in [0.29, 0.717) is 32.1 Å². The van der Waals surface area contributed by atoms with E-state index in [-0.39, 0.29) is 24.6 Å². The fourth-order valence-corrected chi connectivity index (χ4v) is 3.41. The van der Waals surface area contributed by atoms with Crippen LogP contribution in [0, 0.1) is 0 Å². The molecule has 2 aromatic rings. The Labute approximate surface area is 157 Å². The minimum atomic E-state index is -0.124. The van der Waals surface area contributed by atoms with Crippen molar-refractivity contribution < 1.29 is 14.3 Å². The Kier molecular flexibility index (Phi) is 4.86. The van der Waals surface area contributed by atoms with E-state index < -0.39 is 0 Å². The Bertz CT molecular complexity index is 802. The van der Waals surface area contributed by atoms with E-state index in [0.717, 1.165) is 12.1 Å². The van der Waals surface area contributed by atoms with Crippen molar-refractivity contribution in [2.24, 2.45) is 0 Å². The molecule has 0 spiro atoms. The van der Waals surface area contributed by atoms with Crippen LogP contribution in [-0.2, 0) is 4.79 Å². The zero-order chi connectivity index (χ0) is 18.6. The summed E-state index contributed by atoms with van der Waals surface area (Å²) in [4.78, 5) is 30.3. The number of para-hydroxylation sites is 1. The molecule has 2 aliphatic rings. The number of amides is 3. The number of likely N-dealkylation sites (tertiary alicyclic amines) is 1. The van der Waals surface area contributed by atoms with Crippen LogP contribution in [0.1, 0.15) is 6.42 Å². The molecule has 0 bridgehead atoms. The van der Waals surface area contributed by atoms with E-state index in [9.17, 15) is 9.59 Å². The fraction of sp³-hybridized carbons (Fsp3) is 0.368. The molecule has 1 aromatic carbocycles. The number of anilines is 1. The quantitative estimate of drug-likeness (QED) is 0.798. The molecule has 0 radical (unpaired) electrons. The highest BCUT2D eigenvalue weighted by Gasteiger charge is 2.34. The largest absolute Gasteiger partial charge is 0.471 e. The fourth-order valence-electron chi connectivity index (χ4n) is 3.41. The Morgan fingerprint density at radius 1 is 1.11 bits per heavy atom. The molecule has 2 saturated heterocycles. The number of hydrogen-bond acceptors (Lipinski definition) is 5. The van der Waals surface area contributed by atoms with Crippen LogP contribution >= 0.6 is 0 Å². The number of carbonyl (C=O) groups is 2. The van der Waals surface area contributed by atoms with Crippen molar-refractivity contribution in [2.45, 2.75) is 12.5 Å². The maximum atomic E-state index is 12.6. The van der Waals surface area contributed by atoms with Crippen LogP contribution in [0.15, 0.2) is 48.7 Å². The maximum absolute atomic E-state index is 12.6. The van der Waals surface area contributed by atoms with Gasteiger partial charge in [-0.1, -0.05) is 18.2 Å². The number of urea groups is 1. The Morgan fingerprint density at radius 3 is 2.74 bits per heavy atom. The third-order valence-electron chi connectivity index (χ3n) is 4.82. The zero-order valence-corrected chi connectivity index (χ0v) is 14.9. The molecule has 1 atom stereocenters. The zero-order valence-electron chi connectivity index (χ0n) is 14.9. The van der Waals surface area contributed by atoms with Gasteiger partial charge in [-0.15, -0.1) is 5.10 Å². The second-order valence-corrected chi connectivity index (χ2v) is 6.62. The van der Waals surface area contributed by atoms with Crippen molar-refractivity contribution in [3.05, 3.63) is 48.7 Å². The van der Waals surface area contributed by atoms with Crippen LogP contribution in [0.4, 0.5) is 10.5 Å². The number of aromatic nitrogens is 2. The van der Waals surface area contributed by atoms with E-state index in [2.05, 4.69) is 10.2 Å². The molecule has 4 rings (SSSR count). The number of carbonyl (C=O) groups excluding carboxylic acids is 2. The summed E-state index contributed by atoms with van der Waals surface area (Å²) in [6.45, 7) is 2.36. The minimum Gasteiger partial charge on any atom is -0.471 e. The molecule has 1 aromatic heterocycles. The SMILES string of the molecule is O=C(CN1CCN(c2ccccc2)C1=O)N1CC[C@H](Oc2cccnn2)C1. The summed E-state index contributed by atoms with van der Waals surface area (Å²) in [5, 5.41) is 7.69. The summed E-state index contributed by atoms with van der Waals surface area (Å²) in [5.74, 6) is 0.411. The highest BCUT2D eigenvalue weighted by atomic mass is 16.5. The van der Waals surface area contributed by atoms with Crippen molar-refractivity contribution in [2.75, 3.05) is 37.6 Å². The van der Waals surface area contributed by atoms with Gasteiger partial charge >= 0.3 is 6.03 Å². The number of hydrogen-bond donors (Lipinski definition) is 0. The first kappa shape index (κ1) is 17.3. The molecule has 27 heavy (non-hydrogen) atoms. The van der Waals surface area contributed by atoms with E-state index in [1.54, 1.807) is 33.0 Å². The third-order valence-corrected chi connectivity index (χ3v) is 4.82. The highest BCUT2D eigenvalue weighted by molar-refractivity contribution is 5.96. The molecule has 140 valence electrons. The van der Waals surface area contributed by atoms with Crippen LogP contribution in [0.5, 0.6) is 5.88 Å². The van der Waals surface area contributed by atoms with Crippen molar-refractivity contribution in [1.29, 1.82) is 0 Å². The lowest BCUT2D eigenvalue weighted by atomic mass is 10.3. The van der Waals surface area contributed by atoms with Crippen molar-refractivity contribution in [3.8, 4) is 5.88 Å². The second kappa shape index (κ2) is 7.61. The lowest BCUT2D eigenvalue weighted by Crippen LogP contribution is -2.42. The molecule has 0 saturated carbocycles. The molecule has 8 nitrogen and oxygen atoms in total. The predicted molar refractivity (Wildman–Crippen MR) is 98.4 cm³/mol. The summed E-state index contributed by atoms with van der Waals surface area (Å²) < 4.78 is 5.77. The van der Waals surface area contributed by atoms with Crippen LogP contribution in [0.25, 0.3) is 0 Å². The van der Waals surface area contributed by atoms with Crippen molar-refractivity contribution in [3.63, 3.8) is 0 Å². The summed E-state index contributed by atoms with van der Waals surface area (Å²) in [6, 6.07) is 12.9. The summed E-state index contributed by atoms with van der Waals surface area (Å²) >= 11 is 0. The lowest BCUT2D eigenvalue weighted by Gasteiger charge is -2.22. The topological polar surface area (TPSA) is 78.9 Å². The molecule has 2 fully saturated rings. The van der Waals surface area contributed by atoms with Crippen LogP contribution in [0.3, 0.4) is 0 Å². The standard InChI is InChI=1S/C19H21N5O3/c25-18(22-10-8-16(13-22)27-17-7-4-9-20-21-17)14-23-11-12-24(19(23)26)15-5-2-1-3-6-15/h1-7,9,16H,8,10-14H2/t16-/m0/s1. The number of ether oxygens (including phenoxy) is 1. The Balaban J connectivity index is 1.30. The number of rotatable bonds is 5. The van der Waals surface area contributed by atoms with Crippen LogP contribution in [0.2, 0.25) is 0 Å². The van der Waals surface area contributed by atoms with Gasteiger partial charge in [0.1, 0.15) is 12.6 Å². The van der Waals surface area contributed by atoms with E-state index in [4.69, 9.17) is 4.74 Å². The normalized spacial score (nSPS) is 19.6. The van der Waals surface area contributed by atoms with Gasteiger partial charge in [-0.3, -0.25) is 9.69 Å². The molecule has 3 heterocycles.